The Balaban J connectivity index is 2.32. The second-order valence-corrected chi connectivity index (χ2v) is 5.85. The number of halogens is 2. The van der Waals surface area contributed by atoms with Gasteiger partial charge in [-0.2, -0.15) is 0 Å². The summed E-state index contributed by atoms with van der Waals surface area (Å²) in [5.74, 6) is 0. The summed E-state index contributed by atoms with van der Waals surface area (Å²) in [6.07, 6.45) is 4.89. The van der Waals surface area contributed by atoms with Crippen LogP contribution in [0.1, 0.15) is 44.2 Å². The lowest BCUT2D eigenvalue weighted by Crippen LogP contribution is -2.29. The Bertz CT molecular complexity index is 384. The third kappa shape index (κ3) is 2.22. The van der Waals surface area contributed by atoms with Gasteiger partial charge in [0.15, 0.2) is 0 Å². The van der Waals surface area contributed by atoms with Crippen molar-refractivity contribution < 1.29 is 0 Å². The molecule has 0 aliphatic heterocycles. The average Bonchev–Trinajstić information content (AvgIpc) is 2.69. The van der Waals surface area contributed by atoms with Crippen molar-refractivity contribution in [1.82, 2.24) is 0 Å². The summed E-state index contributed by atoms with van der Waals surface area (Å²) in [6, 6.07) is 5.52. The molecule has 1 aliphatic carbocycles. The molecule has 1 aromatic carbocycles. The average molecular weight is 258 g/mol. The molecular weight excluding hydrogens is 241 g/mol. The minimum atomic E-state index is -0.0128. The topological polar surface area (TPSA) is 26.0 Å². The van der Waals surface area contributed by atoms with Crippen LogP contribution < -0.4 is 5.73 Å². The van der Waals surface area contributed by atoms with Crippen LogP contribution in [0.25, 0.3) is 0 Å². The van der Waals surface area contributed by atoms with E-state index in [-0.39, 0.29) is 11.5 Å². The van der Waals surface area contributed by atoms with Gasteiger partial charge in [-0.25, -0.2) is 0 Å². The van der Waals surface area contributed by atoms with Gasteiger partial charge in [-0.1, -0.05) is 43.0 Å². The SMILES string of the molecule is CC1(C(N)c2cc(Cl)ccc2Cl)CCCC1. The summed E-state index contributed by atoms with van der Waals surface area (Å²) in [7, 11) is 0. The second-order valence-electron chi connectivity index (χ2n) is 5.00. The maximum atomic E-state index is 6.36. The van der Waals surface area contributed by atoms with Crippen LogP contribution >= 0.6 is 23.2 Å². The first kappa shape index (κ1) is 12.2. The van der Waals surface area contributed by atoms with Crippen molar-refractivity contribution in [2.24, 2.45) is 11.1 Å². The van der Waals surface area contributed by atoms with Gasteiger partial charge in [-0.15, -0.1) is 0 Å². The molecule has 1 atom stereocenters. The van der Waals surface area contributed by atoms with Crippen molar-refractivity contribution in [1.29, 1.82) is 0 Å². The van der Waals surface area contributed by atoms with E-state index in [2.05, 4.69) is 6.92 Å². The van der Waals surface area contributed by atoms with Gasteiger partial charge < -0.3 is 5.73 Å². The van der Waals surface area contributed by atoms with Gasteiger partial charge in [0, 0.05) is 16.1 Å². The van der Waals surface area contributed by atoms with E-state index >= 15 is 0 Å². The Labute approximate surface area is 107 Å². The zero-order chi connectivity index (χ0) is 11.8. The first-order valence-electron chi connectivity index (χ1n) is 5.73. The third-order valence-corrected chi connectivity index (χ3v) is 4.37. The van der Waals surface area contributed by atoms with Crippen LogP contribution in [0.3, 0.4) is 0 Å². The zero-order valence-corrected chi connectivity index (χ0v) is 11.0. The minimum absolute atomic E-state index is 0.0128. The maximum Gasteiger partial charge on any atom is 0.0454 e. The lowest BCUT2D eigenvalue weighted by molar-refractivity contribution is 0.265. The molecule has 0 heterocycles. The van der Waals surface area contributed by atoms with E-state index in [1.807, 2.05) is 12.1 Å². The highest BCUT2D eigenvalue weighted by Crippen LogP contribution is 2.47. The largest absolute Gasteiger partial charge is 0.323 e. The predicted octanol–water partition coefficient (Wildman–Crippen LogP) is 4.57. The molecule has 1 nitrogen and oxygen atoms in total. The van der Waals surface area contributed by atoms with Crippen molar-refractivity contribution in [2.45, 2.75) is 38.6 Å². The van der Waals surface area contributed by atoms with E-state index in [1.54, 1.807) is 6.07 Å². The first-order valence-corrected chi connectivity index (χ1v) is 6.49. The molecule has 1 saturated carbocycles. The summed E-state index contributed by atoms with van der Waals surface area (Å²) in [5, 5.41) is 1.43. The minimum Gasteiger partial charge on any atom is -0.323 e. The molecule has 1 aromatic rings. The highest BCUT2D eigenvalue weighted by atomic mass is 35.5. The van der Waals surface area contributed by atoms with Crippen LogP contribution in [0.2, 0.25) is 10.0 Å². The second kappa shape index (κ2) is 4.56. The van der Waals surface area contributed by atoms with Crippen LogP contribution in [0.5, 0.6) is 0 Å². The molecule has 0 bridgehead atoms. The fraction of sp³-hybridized carbons (Fsp3) is 0.538. The molecule has 2 N–H and O–H groups in total. The summed E-state index contributed by atoms with van der Waals surface area (Å²) in [4.78, 5) is 0. The van der Waals surface area contributed by atoms with Crippen LogP contribution in [-0.2, 0) is 0 Å². The van der Waals surface area contributed by atoms with E-state index in [0.717, 1.165) is 10.6 Å². The maximum absolute atomic E-state index is 6.36. The highest BCUT2D eigenvalue weighted by Gasteiger charge is 2.36. The normalized spacial score (nSPS) is 21.0. The van der Waals surface area contributed by atoms with Gasteiger partial charge in [-0.3, -0.25) is 0 Å². The molecule has 0 aromatic heterocycles. The number of hydrogen-bond acceptors (Lipinski definition) is 1. The molecule has 0 amide bonds. The van der Waals surface area contributed by atoms with Crippen molar-refractivity contribution in [3.05, 3.63) is 33.8 Å². The van der Waals surface area contributed by atoms with Crippen molar-refractivity contribution in [3.8, 4) is 0 Å². The van der Waals surface area contributed by atoms with Gasteiger partial charge in [0.25, 0.3) is 0 Å². The van der Waals surface area contributed by atoms with Gasteiger partial charge in [0.05, 0.1) is 0 Å². The van der Waals surface area contributed by atoms with Crippen LogP contribution in [0.4, 0.5) is 0 Å². The van der Waals surface area contributed by atoms with Gasteiger partial charge in [0.2, 0.25) is 0 Å². The van der Waals surface area contributed by atoms with E-state index < -0.39 is 0 Å². The van der Waals surface area contributed by atoms with Crippen molar-refractivity contribution >= 4 is 23.2 Å². The highest BCUT2D eigenvalue weighted by molar-refractivity contribution is 6.33. The number of rotatable bonds is 2. The molecule has 2 rings (SSSR count). The van der Waals surface area contributed by atoms with Crippen LogP contribution in [-0.4, -0.2) is 0 Å². The standard InChI is InChI=1S/C13H17Cl2N/c1-13(6-2-3-7-13)12(16)10-8-9(14)4-5-11(10)15/h4-5,8,12H,2-3,6-7,16H2,1H3. The molecule has 88 valence electrons. The summed E-state index contributed by atoms with van der Waals surface area (Å²) >= 11 is 12.2. The van der Waals surface area contributed by atoms with Gasteiger partial charge in [0.1, 0.15) is 0 Å². The van der Waals surface area contributed by atoms with Gasteiger partial charge in [-0.05, 0) is 42.0 Å². The van der Waals surface area contributed by atoms with Crippen molar-refractivity contribution in [3.63, 3.8) is 0 Å². The van der Waals surface area contributed by atoms with E-state index in [1.165, 1.54) is 25.7 Å². The molecule has 0 spiro atoms. The Morgan fingerprint density at radius 3 is 2.50 bits per heavy atom. The molecule has 0 saturated heterocycles. The number of nitrogens with two attached hydrogens (primary N) is 1. The molecule has 1 unspecified atom stereocenters. The summed E-state index contributed by atoms with van der Waals surface area (Å²) in [6.45, 7) is 2.25. The molecule has 3 heteroatoms. The first-order chi connectivity index (χ1) is 7.53. The molecule has 16 heavy (non-hydrogen) atoms. The van der Waals surface area contributed by atoms with Crippen LogP contribution in [0, 0.1) is 5.41 Å². The van der Waals surface area contributed by atoms with Crippen molar-refractivity contribution in [2.75, 3.05) is 0 Å². The molecule has 0 radical (unpaired) electrons. The summed E-state index contributed by atoms with van der Waals surface area (Å²) < 4.78 is 0. The molecule has 1 fully saturated rings. The Kier molecular flexibility index (Phi) is 3.48. The predicted molar refractivity (Wildman–Crippen MR) is 70.0 cm³/mol. The van der Waals surface area contributed by atoms with E-state index in [9.17, 15) is 0 Å². The number of benzene rings is 1. The Morgan fingerprint density at radius 2 is 1.88 bits per heavy atom. The fourth-order valence-electron chi connectivity index (χ4n) is 2.62. The Hall–Kier alpha value is -0.240. The lowest BCUT2D eigenvalue weighted by Gasteiger charge is -2.32. The van der Waals surface area contributed by atoms with Gasteiger partial charge >= 0.3 is 0 Å². The smallest absolute Gasteiger partial charge is 0.0454 e. The van der Waals surface area contributed by atoms with Crippen LogP contribution in [0.15, 0.2) is 18.2 Å². The fourth-order valence-corrected chi connectivity index (χ4v) is 3.04. The molecule has 1 aliphatic rings. The van der Waals surface area contributed by atoms with E-state index in [0.29, 0.717) is 5.02 Å². The number of hydrogen-bond donors (Lipinski definition) is 1. The Morgan fingerprint density at radius 1 is 1.25 bits per heavy atom. The lowest BCUT2D eigenvalue weighted by atomic mass is 9.78. The quantitative estimate of drug-likeness (QED) is 0.825. The molecular formula is C13H17Cl2N. The zero-order valence-electron chi connectivity index (χ0n) is 9.47. The third-order valence-electron chi connectivity index (χ3n) is 3.79. The van der Waals surface area contributed by atoms with E-state index in [4.69, 9.17) is 28.9 Å². The monoisotopic (exact) mass is 257 g/mol. The summed E-state index contributed by atoms with van der Waals surface area (Å²) in [5.41, 5.74) is 7.52.